The third-order valence-corrected chi connectivity index (χ3v) is 3.67. The number of ether oxygens (including phenoxy) is 2. The molecule has 26 heavy (non-hydrogen) atoms. The van der Waals surface area contributed by atoms with Gasteiger partial charge in [0.15, 0.2) is 6.04 Å². The van der Waals surface area contributed by atoms with E-state index < -0.39 is 35.4 Å². The van der Waals surface area contributed by atoms with Crippen molar-refractivity contribution in [1.82, 2.24) is 10.2 Å². The summed E-state index contributed by atoms with van der Waals surface area (Å²) in [6, 6.07) is -0.978. The quantitative estimate of drug-likeness (QED) is 0.589. The molecule has 3 N–H and O–H groups in total. The van der Waals surface area contributed by atoms with Gasteiger partial charge in [-0.15, -0.1) is 0 Å². The van der Waals surface area contributed by atoms with E-state index in [1.54, 1.807) is 41.5 Å². The molecule has 0 aromatic carbocycles. The Bertz CT molecular complexity index is 477. The lowest BCUT2D eigenvalue weighted by atomic mass is 10.00. The minimum Gasteiger partial charge on any atom is -0.458 e. The average molecular weight is 374 g/mol. The highest BCUT2D eigenvalue weighted by Gasteiger charge is 2.49. The Morgan fingerprint density at radius 2 is 1.46 bits per heavy atom. The second-order valence-electron chi connectivity index (χ2n) is 8.66. The van der Waals surface area contributed by atoms with Gasteiger partial charge in [-0.1, -0.05) is 0 Å². The van der Waals surface area contributed by atoms with Crippen LogP contribution in [0.1, 0.15) is 54.4 Å². The number of β-amino-alcohol motifs (C(OH)–C–C–N with tert-alkyl or cyclic N) is 1. The van der Waals surface area contributed by atoms with Gasteiger partial charge in [-0.25, -0.2) is 9.59 Å². The van der Waals surface area contributed by atoms with E-state index in [1.807, 2.05) is 0 Å². The van der Waals surface area contributed by atoms with E-state index in [1.165, 1.54) is 4.90 Å². The molecule has 152 valence electrons. The molecule has 0 aromatic heterocycles. The van der Waals surface area contributed by atoms with Gasteiger partial charge < -0.3 is 25.0 Å². The molecule has 2 unspecified atom stereocenters. The average Bonchev–Trinajstić information content (AvgIpc) is 2.42. The van der Waals surface area contributed by atoms with Crippen LogP contribution < -0.4 is 5.32 Å². The monoisotopic (exact) mass is 374 g/mol. The third-order valence-electron chi connectivity index (χ3n) is 3.67. The minimum atomic E-state index is -0.978. The van der Waals surface area contributed by atoms with Crippen LogP contribution in [0.3, 0.4) is 0 Å². The Labute approximate surface area is 155 Å². The molecule has 2 atom stereocenters. The van der Waals surface area contributed by atoms with Crippen molar-refractivity contribution in [1.29, 1.82) is 0 Å². The van der Waals surface area contributed by atoms with E-state index in [0.29, 0.717) is 0 Å². The Morgan fingerprint density at radius 3 is 1.81 bits per heavy atom. The van der Waals surface area contributed by atoms with E-state index in [4.69, 9.17) is 14.6 Å². The van der Waals surface area contributed by atoms with Crippen LogP contribution in [-0.4, -0.2) is 76.3 Å². The van der Waals surface area contributed by atoms with Crippen LogP contribution in [0, 0.1) is 0 Å². The molecule has 0 radical (unpaired) electrons. The number of rotatable bonds is 1. The SMILES string of the molecule is CC(C)(C)OC(=O)C1C(O)CN1C(=O)OC(C)(C)C.OC1CCNCC1. The topological polar surface area (TPSA) is 108 Å². The maximum absolute atomic E-state index is 11.9. The summed E-state index contributed by atoms with van der Waals surface area (Å²) in [7, 11) is 0. The number of nitrogens with zero attached hydrogens (tertiary/aromatic N) is 1. The predicted octanol–water partition coefficient (Wildman–Crippen LogP) is 1.04. The normalized spacial score (nSPS) is 24.1. The highest BCUT2D eigenvalue weighted by molar-refractivity contribution is 5.84. The van der Waals surface area contributed by atoms with E-state index in [2.05, 4.69) is 5.32 Å². The molecule has 2 rings (SSSR count). The first-order valence-electron chi connectivity index (χ1n) is 9.09. The van der Waals surface area contributed by atoms with Crippen molar-refractivity contribution in [3.8, 4) is 0 Å². The van der Waals surface area contributed by atoms with Gasteiger partial charge in [-0.05, 0) is 67.5 Å². The Balaban J connectivity index is 0.000000401. The summed E-state index contributed by atoms with van der Waals surface area (Å²) in [5.74, 6) is -0.614. The minimum absolute atomic E-state index is 0.0266. The standard InChI is InChI=1S/C13H23NO5.C5H11NO/c1-12(2,3)18-10(16)9-8(15)7-14(9)11(17)19-13(4,5)6;7-5-1-3-6-4-2-5/h8-9,15H,7H2,1-6H3;5-7H,1-4H2. The number of carbonyl (C=O) groups is 2. The molecule has 0 bridgehead atoms. The number of likely N-dealkylation sites (tertiary alicyclic amines) is 1. The van der Waals surface area contributed by atoms with Gasteiger partial charge >= 0.3 is 12.1 Å². The van der Waals surface area contributed by atoms with Crippen LogP contribution in [0.5, 0.6) is 0 Å². The number of esters is 1. The Hall–Kier alpha value is -1.38. The summed E-state index contributed by atoms with van der Waals surface area (Å²) < 4.78 is 10.3. The lowest BCUT2D eigenvalue weighted by molar-refractivity contribution is -0.175. The van der Waals surface area contributed by atoms with Crippen molar-refractivity contribution in [2.45, 2.75) is 83.8 Å². The fourth-order valence-electron chi connectivity index (χ4n) is 2.45. The molecule has 2 aliphatic heterocycles. The molecule has 1 amide bonds. The number of aliphatic hydroxyl groups excluding tert-OH is 2. The number of nitrogens with one attached hydrogen (secondary N) is 1. The molecular weight excluding hydrogens is 340 g/mol. The summed E-state index contributed by atoms with van der Waals surface area (Å²) in [5.41, 5.74) is -1.30. The van der Waals surface area contributed by atoms with Gasteiger partial charge in [0.2, 0.25) is 0 Å². The maximum atomic E-state index is 11.9. The van der Waals surface area contributed by atoms with Gasteiger partial charge in [0.25, 0.3) is 0 Å². The van der Waals surface area contributed by atoms with Gasteiger partial charge in [-0.3, -0.25) is 4.90 Å². The third kappa shape index (κ3) is 7.88. The van der Waals surface area contributed by atoms with Crippen LogP contribution in [0.25, 0.3) is 0 Å². The van der Waals surface area contributed by atoms with Crippen LogP contribution in [0.4, 0.5) is 4.79 Å². The van der Waals surface area contributed by atoms with E-state index in [9.17, 15) is 14.7 Å². The number of amides is 1. The second-order valence-corrected chi connectivity index (χ2v) is 8.66. The zero-order valence-corrected chi connectivity index (χ0v) is 16.7. The number of piperidine rings is 1. The number of hydrogen-bond acceptors (Lipinski definition) is 7. The highest BCUT2D eigenvalue weighted by atomic mass is 16.6. The summed E-state index contributed by atoms with van der Waals surface area (Å²) >= 11 is 0. The molecule has 0 saturated carbocycles. The first kappa shape index (κ1) is 22.7. The number of aliphatic hydroxyl groups is 2. The van der Waals surface area contributed by atoms with E-state index >= 15 is 0 Å². The molecule has 8 nitrogen and oxygen atoms in total. The van der Waals surface area contributed by atoms with E-state index in [0.717, 1.165) is 25.9 Å². The van der Waals surface area contributed by atoms with Crippen molar-refractivity contribution >= 4 is 12.1 Å². The van der Waals surface area contributed by atoms with Crippen LogP contribution in [-0.2, 0) is 14.3 Å². The number of carbonyl (C=O) groups excluding carboxylic acids is 2. The van der Waals surface area contributed by atoms with Crippen LogP contribution >= 0.6 is 0 Å². The first-order valence-corrected chi connectivity index (χ1v) is 9.09. The summed E-state index contributed by atoms with van der Waals surface area (Å²) in [4.78, 5) is 24.9. The van der Waals surface area contributed by atoms with Crippen LogP contribution in [0.15, 0.2) is 0 Å². The maximum Gasteiger partial charge on any atom is 0.411 e. The van der Waals surface area contributed by atoms with Crippen molar-refractivity contribution in [2.75, 3.05) is 19.6 Å². The van der Waals surface area contributed by atoms with Crippen molar-refractivity contribution in [2.24, 2.45) is 0 Å². The predicted molar refractivity (Wildman–Crippen MR) is 96.7 cm³/mol. The number of hydrogen-bond donors (Lipinski definition) is 3. The van der Waals surface area contributed by atoms with Gasteiger partial charge in [-0.2, -0.15) is 0 Å². The smallest absolute Gasteiger partial charge is 0.411 e. The molecule has 2 heterocycles. The van der Waals surface area contributed by atoms with Crippen molar-refractivity contribution in [3.05, 3.63) is 0 Å². The molecule has 2 fully saturated rings. The lowest BCUT2D eigenvalue weighted by Gasteiger charge is -2.44. The Morgan fingerprint density at radius 1 is 0.962 bits per heavy atom. The van der Waals surface area contributed by atoms with Crippen molar-refractivity contribution < 1.29 is 29.3 Å². The first-order chi connectivity index (χ1) is 11.8. The Kier molecular flexibility index (Phi) is 7.85. The van der Waals surface area contributed by atoms with Gasteiger partial charge in [0.05, 0.1) is 12.6 Å². The molecular formula is C18H34N2O6. The zero-order chi connectivity index (χ0) is 20.1. The molecule has 2 saturated heterocycles. The van der Waals surface area contributed by atoms with E-state index in [-0.39, 0.29) is 12.6 Å². The molecule has 8 heteroatoms. The summed E-state index contributed by atoms with van der Waals surface area (Å²) in [6.45, 7) is 12.5. The lowest BCUT2D eigenvalue weighted by Crippen LogP contribution is -2.66. The summed E-state index contributed by atoms with van der Waals surface area (Å²) in [5, 5.41) is 21.7. The van der Waals surface area contributed by atoms with Crippen molar-refractivity contribution in [3.63, 3.8) is 0 Å². The fourth-order valence-corrected chi connectivity index (χ4v) is 2.45. The highest BCUT2D eigenvalue weighted by Crippen LogP contribution is 2.24. The van der Waals surface area contributed by atoms with Gasteiger partial charge in [0, 0.05) is 0 Å². The van der Waals surface area contributed by atoms with Crippen LogP contribution in [0.2, 0.25) is 0 Å². The second kappa shape index (κ2) is 9.01. The molecule has 0 aliphatic carbocycles. The van der Waals surface area contributed by atoms with Gasteiger partial charge in [0.1, 0.15) is 17.3 Å². The molecule has 0 spiro atoms. The molecule has 0 aromatic rings. The fraction of sp³-hybridized carbons (Fsp3) is 0.889. The molecule has 2 aliphatic rings. The zero-order valence-electron chi connectivity index (χ0n) is 16.7. The largest absolute Gasteiger partial charge is 0.458 e. The summed E-state index contributed by atoms with van der Waals surface area (Å²) in [6.07, 6.45) is 0.317.